The van der Waals surface area contributed by atoms with Crippen molar-refractivity contribution in [3.63, 3.8) is 0 Å². The number of nitrogens with one attached hydrogen (secondary N) is 1. The number of esters is 1. The van der Waals surface area contributed by atoms with Crippen LogP contribution in [0.3, 0.4) is 0 Å². The second kappa shape index (κ2) is 8.70. The molecule has 0 saturated heterocycles. The maximum atomic E-state index is 12.3. The van der Waals surface area contributed by atoms with Gasteiger partial charge >= 0.3 is 5.97 Å². The third-order valence-corrected chi connectivity index (χ3v) is 3.27. The van der Waals surface area contributed by atoms with Gasteiger partial charge in [0.05, 0.1) is 0 Å². The van der Waals surface area contributed by atoms with Crippen molar-refractivity contribution in [2.24, 2.45) is 0 Å². The van der Waals surface area contributed by atoms with Crippen LogP contribution in [0.15, 0.2) is 60.7 Å². The molecule has 120 valence electrons. The molecule has 0 bridgehead atoms. The first-order chi connectivity index (χ1) is 11.2. The molecule has 1 amide bonds. The summed E-state index contributed by atoms with van der Waals surface area (Å²) >= 11 is 0. The van der Waals surface area contributed by atoms with Crippen LogP contribution in [-0.4, -0.2) is 29.6 Å². The van der Waals surface area contributed by atoms with Crippen molar-refractivity contribution >= 4 is 11.9 Å². The zero-order valence-corrected chi connectivity index (χ0v) is 12.6. The first kappa shape index (κ1) is 16.7. The van der Waals surface area contributed by atoms with Crippen molar-refractivity contribution in [3.8, 4) is 0 Å². The summed E-state index contributed by atoms with van der Waals surface area (Å²) in [6.07, 6.45) is 0.306. The quantitative estimate of drug-likeness (QED) is 0.759. The molecule has 0 heterocycles. The minimum atomic E-state index is -0.833. The van der Waals surface area contributed by atoms with Gasteiger partial charge in [-0.2, -0.15) is 0 Å². The molecule has 0 fully saturated rings. The van der Waals surface area contributed by atoms with E-state index in [1.54, 1.807) is 0 Å². The van der Waals surface area contributed by atoms with Crippen LogP contribution in [0, 0.1) is 0 Å². The number of hydrogen-bond acceptors (Lipinski definition) is 4. The van der Waals surface area contributed by atoms with Gasteiger partial charge in [0, 0.05) is 6.42 Å². The molecule has 5 nitrogen and oxygen atoms in total. The number of carbonyl (C=O) groups excluding carboxylic acids is 2. The lowest BCUT2D eigenvalue weighted by Crippen LogP contribution is -2.44. The summed E-state index contributed by atoms with van der Waals surface area (Å²) in [6.45, 7) is -0.531. The van der Waals surface area contributed by atoms with Gasteiger partial charge in [0.1, 0.15) is 19.3 Å². The minimum Gasteiger partial charge on any atom is -0.459 e. The first-order valence-corrected chi connectivity index (χ1v) is 7.33. The van der Waals surface area contributed by atoms with Gasteiger partial charge in [-0.15, -0.1) is 0 Å². The van der Waals surface area contributed by atoms with Crippen LogP contribution < -0.4 is 5.32 Å². The number of aliphatic hydroxyl groups excluding tert-OH is 1. The summed E-state index contributed by atoms with van der Waals surface area (Å²) in [7, 11) is 0. The van der Waals surface area contributed by atoms with Gasteiger partial charge in [-0.3, -0.25) is 4.79 Å². The molecule has 1 atom stereocenters. The maximum absolute atomic E-state index is 12.3. The van der Waals surface area contributed by atoms with Gasteiger partial charge in [0.25, 0.3) is 0 Å². The monoisotopic (exact) mass is 313 g/mol. The topological polar surface area (TPSA) is 75.6 Å². The van der Waals surface area contributed by atoms with Crippen LogP contribution in [0.25, 0.3) is 0 Å². The molecule has 5 heteroatoms. The zero-order valence-electron chi connectivity index (χ0n) is 12.6. The van der Waals surface area contributed by atoms with Crippen LogP contribution in [0.2, 0.25) is 0 Å². The van der Waals surface area contributed by atoms with Gasteiger partial charge in [-0.05, 0) is 11.1 Å². The van der Waals surface area contributed by atoms with Crippen molar-refractivity contribution in [1.82, 2.24) is 5.32 Å². The van der Waals surface area contributed by atoms with Gasteiger partial charge < -0.3 is 15.2 Å². The lowest BCUT2D eigenvalue weighted by Gasteiger charge is -2.17. The summed E-state index contributed by atoms with van der Waals surface area (Å²) in [4.78, 5) is 23.7. The van der Waals surface area contributed by atoms with E-state index >= 15 is 0 Å². The second-order valence-electron chi connectivity index (χ2n) is 5.06. The number of carbonyl (C=O) groups is 2. The lowest BCUT2D eigenvalue weighted by molar-refractivity contribution is -0.149. The van der Waals surface area contributed by atoms with Crippen LogP contribution >= 0.6 is 0 Å². The van der Waals surface area contributed by atoms with E-state index in [0.29, 0.717) is 6.42 Å². The van der Waals surface area contributed by atoms with E-state index in [1.165, 1.54) is 0 Å². The van der Waals surface area contributed by atoms with Crippen LogP contribution in [-0.2, 0) is 27.4 Å². The molecule has 2 rings (SSSR count). The Morgan fingerprint density at radius 2 is 1.52 bits per heavy atom. The molecule has 0 spiro atoms. The number of benzene rings is 2. The van der Waals surface area contributed by atoms with E-state index in [9.17, 15) is 9.59 Å². The van der Waals surface area contributed by atoms with Crippen molar-refractivity contribution in [3.05, 3.63) is 71.8 Å². The molecule has 0 aromatic heterocycles. The van der Waals surface area contributed by atoms with Crippen LogP contribution in [0.5, 0.6) is 0 Å². The fourth-order valence-electron chi connectivity index (χ4n) is 2.11. The van der Waals surface area contributed by atoms with Crippen molar-refractivity contribution in [2.75, 3.05) is 6.61 Å². The number of aliphatic hydroxyl groups is 1. The van der Waals surface area contributed by atoms with E-state index in [1.807, 2.05) is 60.7 Å². The summed E-state index contributed by atoms with van der Waals surface area (Å²) in [5.74, 6) is -1.14. The van der Waals surface area contributed by atoms with Crippen molar-refractivity contribution in [2.45, 2.75) is 19.1 Å². The third-order valence-electron chi connectivity index (χ3n) is 3.27. The number of hydrogen-bond donors (Lipinski definition) is 2. The average Bonchev–Trinajstić information content (AvgIpc) is 2.60. The Bertz CT molecular complexity index is 628. The highest BCUT2D eigenvalue weighted by atomic mass is 16.5. The van der Waals surface area contributed by atoms with Gasteiger partial charge in [-0.25, -0.2) is 4.79 Å². The first-order valence-electron chi connectivity index (χ1n) is 7.33. The number of rotatable bonds is 7. The smallest absolute Gasteiger partial charge is 0.329 e. The van der Waals surface area contributed by atoms with E-state index in [2.05, 4.69) is 5.32 Å². The molecular formula is C18H19NO4. The zero-order chi connectivity index (χ0) is 16.5. The average molecular weight is 313 g/mol. The Morgan fingerprint density at radius 1 is 0.957 bits per heavy atom. The van der Waals surface area contributed by atoms with Crippen LogP contribution in [0.4, 0.5) is 0 Å². The molecule has 0 aliphatic rings. The van der Waals surface area contributed by atoms with Gasteiger partial charge in [0.2, 0.25) is 5.91 Å². The Kier molecular flexibility index (Phi) is 6.32. The summed E-state index contributed by atoms with van der Waals surface area (Å²) in [5, 5.41) is 11.4. The Morgan fingerprint density at radius 3 is 2.09 bits per heavy atom. The summed E-state index contributed by atoms with van der Waals surface area (Å²) in [5.41, 5.74) is 1.76. The van der Waals surface area contributed by atoms with Crippen LogP contribution in [0.1, 0.15) is 11.1 Å². The molecule has 2 aromatic carbocycles. The van der Waals surface area contributed by atoms with E-state index in [4.69, 9.17) is 9.84 Å². The van der Waals surface area contributed by atoms with E-state index in [0.717, 1.165) is 11.1 Å². The molecule has 0 saturated carbocycles. The standard InChI is InChI=1S/C18H19NO4/c20-12-17(21)19-16(11-14-7-3-1-4-8-14)18(22)23-13-15-9-5-2-6-10-15/h1-10,16,20H,11-13H2,(H,19,21). The predicted octanol–water partition coefficient (Wildman–Crippen LogP) is 1.45. The molecular weight excluding hydrogens is 294 g/mol. The maximum Gasteiger partial charge on any atom is 0.329 e. The van der Waals surface area contributed by atoms with Gasteiger partial charge in [0.15, 0.2) is 0 Å². The molecule has 1 unspecified atom stereocenters. The summed E-state index contributed by atoms with van der Waals surface area (Å²) < 4.78 is 5.27. The normalized spacial score (nSPS) is 11.5. The summed E-state index contributed by atoms with van der Waals surface area (Å²) in [6, 6.07) is 17.8. The molecule has 0 radical (unpaired) electrons. The Hall–Kier alpha value is -2.66. The number of ether oxygens (including phenoxy) is 1. The molecule has 2 aromatic rings. The molecule has 0 aliphatic heterocycles. The molecule has 23 heavy (non-hydrogen) atoms. The fraction of sp³-hybridized carbons (Fsp3) is 0.222. The third kappa shape index (κ3) is 5.56. The fourth-order valence-corrected chi connectivity index (χ4v) is 2.11. The molecule has 2 N–H and O–H groups in total. The largest absolute Gasteiger partial charge is 0.459 e. The lowest BCUT2D eigenvalue weighted by atomic mass is 10.1. The number of amides is 1. The Balaban J connectivity index is 2.00. The highest BCUT2D eigenvalue weighted by molar-refractivity contribution is 5.85. The predicted molar refractivity (Wildman–Crippen MR) is 85.4 cm³/mol. The van der Waals surface area contributed by atoms with Crippen molar-refractivity contribution < 1.29 is 19.4 Å². The minimum absolute atomic E-state index is 0.139. The highest BCUT2D eigenvalue weighted by Gasteiger charge is 2.22. The van der Waals surface area contributed by atoms with Crippen molar-refractivity contribution in [1.29, 1.82) is 0 Å². The van der Waals surface area contributed by atoms with Gasteiger partial charge in [-0.1, -0.05) is 60.7 Å². The SMILES string of the molecule is O=C(CO)NC(Cc1ccccc1)C(=O)OCc1ccccc1. The Labute approximate surface area is 134 Å². The highest BCUT2D eigenvalue weighted by Crippen LogP contribution is 2.07. The second-order valence-corrected chi connectivity index (χ2v) is 5.06. The van der Waals surface area contributed by atoms with E-state index in [-0.39, 0.29) is 6.61 Å². The molecule has 0 aliphatic carbocycles. The van der Waals surface area contributed by atoms with E-state index < -0.39 is 24.5 Å².